The third-order valence-corrected chi connectivity index (χ3v) is 1.97. The Labute approximate surface area is 91.9 Å². The molecule has 0 aliphatic heterocycles. The van der Waals surface area contributed by atoms with Crippen LogP contribution < -0.4 is 11.1 Å². The summed E-state index contributed by atoms with van der Waals surface area (Å²) in [6.07, 6.45) is 3.46. The zero-order chi connectivity index (χ0) is 11.4. The second kappa shape index (κ2) is 4.43. The number of H-pyrrole nitrogens is 1. The molecule has 0 spiro atoms. The zero-order valence-corrected chi connectivity index (χ0v) is 8.47. The predicted molar refractivity (Wildman–Crippen MR) is 59.0 cm³/mol. The first-order valence-corrected chi connectivity index (χ1v) is 4.73. The monoisotopic (exact) mass is 217 g/mol. The van der Waals surface area contributed by atoms with Gasteiger partial charge < -0.3 is 11.1 Å². The Bertz CT molecular complexity index is 462. The number of hydrogen-bond donors (Lipinski definition) is 3. The van der Waals surface area contributed by atoms with Gasteiger partial charge in [-0.2, -0.15) is 5.10 Å². The molecule has 0 atom stereocenters. The number of nitrogens with zero attached hydrogens (tertiary/aromatic N) is 2. The average molecular weight is 217 g/mol. The molecule has 0 bridgehead atoms. The van der Waals surface area contributed by atoms with Gasteiger partial charge in [0.05, 0.1) is 12.6 Å². The van der Waals surface area contributed by atoms with Crippen molar-refractivity contribution >= 4 is 17.5 Å². The summed E-state index contributed by atoms with van der Waals surface area (Å²) in [4.78, 5) is 14.8. The number of nitrogens with one attached hydrogen (secondary N) is 2. The van der Waals surface area contributed by atoms with Gasteiger partial charge in [0.25, 0.3) is 0 Å². The highest BCUT2D eigenvalue weighted by Gasteiger charge is 2.00. The lowest BCUT2D eigenvalue weighted by molar-refractivity contribution is -0.117. The molecule has 0 aliphatic carbocycles. The van der Waals surface area contributed by atoms with Crippen LogP contribution in [0.25, 0.3) is 0 Å². The molecule has 0 aliphatic rings. The summed E-state index contributed by atoms with van der Waals surface area (Å²) in [5.41, 5.74) is 5.87. The first kappa shape index (κ1) is 10.2. The molecule has 82 valence electrons. The number of anilines is 2. The van der Waals surface area contributed by atoms with E-state index in [1.165, 1.54) is 0 Å². The minimum absolute atomic E-state index is 0.206. The second-order valence-corrected chi connectivity index (χ2v) is 3.29. The van der Waals surface area contributed by atoms with Crippen molar-refractivity contribution in [2.75, 3.05) is 5.32 Å². The fraction of sp³-hybridized carbons (Fsp3) is 0.100. The van der Waals surface area contributed by atoms with Gasteiger partial charge in [-0.25, -0.2) is 4.98 Å². The normalized spacial score (nSPS) is 10.0. The van der Waals surface area contributed by atoms with E-state index < -0.39 is 0 Å². The van der Waals surface area contributed by atoms with E-state index in [0.717, 1.165) is 11.4 Å². The molecular formula is C10H11N5O. The molecule has 0 aromatic carbocycles. The Morgan fingerprint density at radius 1 is 1.44 bits per heavy atom. The van der Waals surface area contributed by atoms with Crippen molar-refractivity contribution in [3.8, 4) is 0 Å². The number of primary amides is 1. The summed E-state index contributed by atoms with van der Waals surface area (Å²) in [6.45, 7) is 0. The number of nitrogens with two attached hydrogens (primary N) is 1. The quantitative estimate of drug-likeness (QED) is 0.697. The number of amides is 1. The van der Waals surface area contributed by atoms with Crippen molar-refractivity contribution in [2.45, 2.75) is 6.42 Å². The minimum Gasteiger partial charge on any atom is -0.369 e. The number of pyridine rings is 1. The highest BCUT2D eigenvalue weighted by Crippen LogP contribution is 2.11. The number of hydrogen-bond acceptors (Lipinski definition) is 4. The maximum atomic E-state index is 10.7. The molecule has 0 saturated heterocycles. The molecular weight excluding hydrogens is 206 g/mol. The second-order valence-electron chi connectivity index (χ2n) is 3.29. The topological polar surface area (TPSA) is 96.7 Å². The maximum absolute atomic E-state index is 10.7. The number of aromatic amines is 1. The average Bonchev–Trinajstić information content (AvgIpc) is 2.73. The fourth-order valence-corrected chi connectivity index (χ4v) is 1.27. The van der Waals surface area contributed by atoms with Crippen molar-refractivity contribution in [1.29, 1.82) is 0 Å². The predicted octanol–water partition coefficient (Wildman–Crippen LogP) is 0.576. The number of carbonyl (C=O) groups excluding carboxylic acids is 1. The summed E-state index contributed by atoms with van der Waals surface area (Å²) >= 11 is 0. The van der Waals surface area contributed by atoms with E-state index in [4.69, 9.17) is 5.73 Å². The summed E-state index contributed by atoms with van der Waals surface area (Å²) in [5.74, 6) is 1.07. The Morgan fingerprint density at radius 2 is 2.31 bits per heavy atom. The fourth-order valence-electron chi connectivity index (χ4n) is 1.27. The lowest BCUT2D eigenvalue weighted by atomic mass is 10.2. The van der Waals surface area contributed by atoms with E-state index in [-0.39, 0.29) is 12.3 Å². The molecule has 0 unspecified atom stereocenters. The van der Waals surface area contributed by atoms with E-state index in [1.807, 2.05) is 0 Å². The molecule has 6 heteroatoms. The van der Waals surface area contributed by atoms with E-state index in [0.29, 0.717) is 5.82 Å². The van der Waals surface area contributed by atoms with Crippen LogP contribution in [-0.2, 0) is 11.2 Å². The van der Waals surface area contributed by atoms with Crippen molar-refractivity contribution in [3.05, 3.63) is 36.2 Å². The molecule has 2 rings (SSSR count). The van der Waals surface area contributed by atoms with E-state index in [2.05, 4.69) is 20.5 Å². The highest BCUT2D eigenvalue weighted by atomic mass is 16.1. The van der Waals surface area contributed by atoms with Gasteiger partial charge in [0, 0.05) is 12.3 Å². The SMILES string of the molecule is NC(=O)Cc1ccc(Nc2ccn[nH]2)nc1. The Kier molecular flexibility index (Phi) is 2.81. The van der Waals surface area contributed by atoms with Gasteiger partial charge in [-0.05, 0) is 11.6 Å². The van der Waals surface area contributed by atoms with Crippen LogP contribution in [0.1, 0.15) is 5.56 Å². The van der Waals surface area contributed by atoms with Crippen LogP contribution in [0, 0.1) is 0 Å². The maximum Gasteiger partial charge on any atom is 0.221 e. The van der Waals surface area contributed by atoms with Gasteiger partial charge >= 0.3 is 0 Å². The lowest BCUT2D eigenvalue weighted by Gasteiger charge is -2.03. The van der Waals surface area contributed by atoms with Gasteiger partial charge in [0.2, 0.25) is 5.91 Å². The summed E-state index contributed by atoms with van der Waals surface area (Å²) in [7, 11) is 0. The van der Waals surface area contributed by atoms with Crippen LogP contribution >= 0.6 is 0 Å². The van der Waals surface area contributed by atoms with Gasteiger partial charge in [-0.1, -0.05) is 6.07 Å². The van der Waals surface area contributed by atoms with Crippen molar-refractivity contribution in [1.82, 2.24) is 15.2 Å². The largest absolute Gasteiger partial charge is 0.369 e. The van der Waals surface area contributed by atoms with Crippen LogP contribution in [0.4, 0.5) is 11.6 Å². The van der Waals surface area contributed by atoms with Crippen LogP contribution in [0.15, 0.2) is 30.6 Å². The highest BCUT2D eigenvalue weighted by molar-refractivity contribution is 5.76. The van der Waals surface area contributed by atoms with E-state index in [9.17, 15) is 4.79 Å². The first-order chi connectivity index (χ1) is 7.74. The van der Waals surface area contributed by atoms with Crippen LogP contribution in [0.5, 0.6) is 0 Å². The van der Waals surface area contributed by atoms with Crippen LogP contribution in [0.3, 0.4) is 0 Å². The first-order valence-electron chi connectivity index (χ1n) is 4.73. The summed E-state index contributed by atoms with van der Waals surface area (Å²) in [6, 6.07) is 5.37. The third kappa shape index (κ3) is 2.57. The molecule has 1 amide bonds. The molecule has 0 fully saturated rings. The molecule has 2 aromatic heterocycles. The Balaban J connectivity index is 2.05. The van der Waals surface area contributed by atoms with Crippen molar-refractivity contribution < 1.29 is 4.79 Å². The minimum atomic E-state index is -0.365. The molecule has 4 N–H and O–H groups in total. The van der Waals surface area contributed by atoms with Gasteiger partial charge in [0.15, 0.2) is 0 Å². The van der Waals surface area contributed by atoms with Gasteiger partial charge in [-0.3, -0.25) is 9.89 Å². The van der Waals surface area contributed by atoms with Gasteiger partial charge in [0.1, 0.15) is 11.6 Å². The summed E-state index contributed by atoms with van der Waals surface area (Å²) in [5, 5.41) is 9.58. The van der Waals surface area contributed by atoms with Crippen molar-refractivity contribution in [2.24, 2.45) is 5.73 Å². The number of rotatable bonds is 4. The van der Waals surface area contributed by atoms with E-state index >= 15 is 0 Å². The molecule has 2 aromatic rings. The van der Waals surface area contributed by atoms with Crippen LogP contribution in [0.2, 0.25) is 0 Å². The standard InChI is InChI=1S/C10H11N5O/c11-8(16)5-7-1-2-9(12-6-7)14-10-3-4-13-15-10/h1-4,6H,5H2,(H2,11,16)(H2,12,13,14,15). The van der Waals surface area contributed by atoms with Crippen LogP contribution in [-0.4, -0.2) is 21.1 Å². The van der Waals surface area contributed by atoms with Gasteiger partial charge in [-0.15, -0.1) is 0 Å². The Morgan fingerprint density at radius 3 is 2.88 bits per heavy atom. The number of aromatic nitrogens is 3. The molecule has 16 heavy (non-hydrogen) atoms. The smallest absolute Gasteiger partial charge is 0.221 e. The van der Waals surface area contributed by atoms with E-state index in [1.54, 1.807) is 30.6 Å². The lowest BCUT2D eigenvalue weighted by Crippen LogP contribution is -2.13. The number of carbonyl (C=O) groups is 1. The Hall–Kier alpha value is -2.37. The molecule has 0 radical (unpaired) electrons. The zero-order valence-electron chi connectivity index (χ0n) is 8.47. The molecule has 2 heterocycles. The van der Waals surface area contributed by atoms with Crippen molar-refractivity contribution in [3.63, 3.8) is 0 Å². The molecule has 0 saturated carbocycles. The third-order valence-electron chi connectivity index (χ3n) is 1.97. The molecule has 6 nitrogen and oxygen atoms in total. The summed E-state index contributed by atoms with van der Waals surface area (Å²) < 4.78 is 0.